The van der Waals surface area contributed by atoms with Crippen LogP contribution in [-0.4, -0.2) is 42.9 Å². The highest BCUT2D eigenvalue weighted by Gasteiger charge is 2.12. The number of ether oxygens (including phenoxy) is 2. The molecule has 2 rings (SSSR count). The summed E-state index contributed by atoms with van der Waals surface area (Å²) in [6.45, 7) is 1.77. The fraction of sp³-hybridized carbons (Fsp3) is 0.263. The van der Waals surface area contributed by atoms with Gasteiger partial charge in [-0.1, -0.05) is 11.8 Å². The summed E-state index contributed by atoms with van der Waals surface area (Å²) >= 11 is 1.14. The maximum atomic E-state index is 11.9. The molecule has 1 heterocycles. The summed E-state index contributed by atoms with van der Waals surface area (Å²) in [6.07, 6.45) is 0. The zero-order chi connectivity index (χ0) is 19.6. The molecule has 0 saturated carbocycles. The van der Waals surface area contributed by atoms with E-state index in [9.17, 15) is 14.9 Å². The molecule has 0 unspecified atom stereocenters. The van der Waals surface area contributed by atoms with Crippen LogP contribution in [0.3, 0.4) is 0 Å². The quantitative estimate of drug-likeness (QED) is 0.550. The van der Waals surface area contributed by atoms with Crippen LogP contribution in [0, 0.1) is 11.3 Å². The molecule has 7 nitrogen and oxygen atoms in total. The summed E-state index contributed by atoms with van der Waals surface area (Å²) < 4.78 is 9.89. The molecule has 1 amide bonds. The molecule has 2 aromatic rings. The predicted molar refractivity (Wildman–Crippen MR) is 101 cm³/mol. The van der Waals surface area contributed by atoms with E-state index in [0.29, 0.717) is 16.3 Å². The van der Waals surface area contributed by atoms with Gasteiger partial charge >= 0.3 is 5.97 Å². The molecule has 0 aliphatic rings. The standard InChI is InChI=1S/C19H19N3O4S/c1-3-26-18(24)11-21-17(23)12-27-19-14(10-20)6-9-16(22-19)13-4-7-15(25-2)8-5-13/h4-9H,3,11-12H2,1-2H3,(H,21,23). The fourth-order valence-corrected chi connectivity index (χ4v) is 2.93. The van der Waals surface area contributed by atoms with Gasteiger partial charge in [-0.05, 0) is 43.3 Å². The molecular formula is C19H19N3O4S. The Morgan fingerprint density at radius 3 is 2.59 bits per heavy atom. The van der Waals surface area contributed by atoms with Crippen LogP contribution < -0.4 is 10.1 Å². The number of methoxy groups -OCH3 is 1. The maximum absolute atomic E-state index is 11.9. The number of hydrogen-bond acceptors (Lipinski definition) is 7. The van der Waals surface area contributed by atoms with E-state index in [1.54, 1.807) is 26.2 Å². The monoisotopic (exact) mass is 385 g/mol. The number of rotatable bonds is 8. The number of carbonyl (C=O) groups is 2. The Balaban J connectivity index is 2.05. The Labute approximate surface area is 161 Å². The average Bonchev–Trinajstić information content (AvgIpc) is 2.70. The molecule has 27 heavy (non-hydrogen) atoms. The van der Waals surface area contributed by atoms with Crippen molar-refractivity contribution in [3.8, 4) is 23.1 Å². The second-order valence-corrected chi connectivity index (χ2v) is 6.22. The average molecular weight is 385 g/mol. The highest BCUT2D eigenvalue weighted by molar-refractivity contribution is 8.00. The largest absolute Gasteiger partial charge is 0.497 e. The first kappa shape index (κ1) is 20.3. The van der Waals surface area contributed by atoms with Gasteiger partial charge in [-0.3, -0.25) is 9.59 Å². The van der Waals surface area contributed by atoms with Gasteiger partial charge in [0.15, 0.2) is 0 Å². The summed E-state index contributed by atoms with van der Waals surface area (Å²) in [5.74, 6) is -0.0605. The van der Waals surface area contributed by atoms with Crippen molar-refractivity contribution in [3.05, 3.63) is 42.0 Å². The number of benzene rings is 1. The predicted octanol–water partition coefficient (Wildman–Crippen LogP) is 2.40. The van der Waals surface area contributed by atoms with E-state index in [1.165, 1.54) is 0 Å². The molecule has 0 radical (unpaired) electrons. The van der Waals surface area contributed by atoms with E-state index in [4.69, 9.17) is 9.47 Å². The third-order valence-corrected chi connectivity index (χ3v) is 4.43. The second kappa shape index (κ2) is 10.2. The maximum Gasteiger partial charge on any atom is 0.325 e. The zero-order valence-electron chi connectivity index (χ0n) is 15.0. The zero-order valence-corrected chi connectivity index (χ0v) is 15.8. The van der Waals surface area contributed by atoms with Crippen LogP contribution in [0.25, 0.3) is 11.3 Å². The number of amides is 1. The molecule has 1 N–H and O–H groups in total. The van der Waals surface area contributed by atoms with Crippen LogP contribution in [-0.2, 0) is 14.3 Å². The molecule has 8 heteroatoms. The van der Waals surface area contributed by atoms with Gasteiger partial charge in [0.05, 0.1) is 30.7 Å². The van der Waals surface area contributed by atoms with Gasteiger partial charge in [0.25, 0.3) is 0 Å². The van der Waals surface area contributed by atoms with Crippen molar-refractivity contribution in [2.24, 2.45) is 0 Å². The van der Waals surface area contributed by atoms with Gasteiger partial charge in [0.2, 0.25) is 5.91 Å². The molecule has 1 aromatic heterocycles. The van der Waals surface area contributed by atoms with Crippen LogP contribution in [0.15, 0.2) is 41.4 Å². The first-order chi connectivity index (χ1) is 13.1. The lowest BCUT2D eigenvalue weighted by Crippen LogP contribution is -2.31. The Hall–Kier alpha value is -3.05. The van der Waals surface area contributed by atoms with E-state index in [2.05, 4.69) is 16.4 Å². The van der Waals surface area contributed by atoms with Crippen LogP contribution >= 0.6 is 11.8 Å². The number of carbonyl (C=O) groups excluding carboxylic acids is 2. The van der Waals surface area contributed by atoms with Crippen molar-refractivity contribution in [2.75, 3.05) is 26.0 Å². The number of nitriles is 1. The van der Waals surface area contributed by atoms with Gasteiger partial charge in [0.1, 0.15) is 23.4 Å². The Kier molecular flexibility index (Phi) is 7.64. The molecule has 0 fully saturated rings. The Morgan fingerprint density at radius 1 is 1.22 bits per heavy atom. The second-order valence-electron chi connectivity index (χ2n) is 5.26. The van der Waals surface area contributed by atoms with Crippen LogP contribution in [0.4, 0.5) is 0 Å². The first-order valence-electron chi connectivity index (χ1n) is 8.18. The number of nitrogens with zero attached hydrogens (tertiary/aromatic N) is 2. The Bertz CT molecular complexity index is 847. The lowest BCUT2D eigenvalue weighted by molar-refractivity contribution is -0.143. The van der Waals surface area contributed by atoms with Gasteiger partial charge < -0.3 is 14.8 Å². The van der Waals surface area contributed by atoms with Gasteiger partial charge in [-0.2, -0.15) is 5.26 Å². The minimum absolute atomic E-state index is 0.0349. The molecule has 0 aliphatic heterocycles. The molecule has 0 bridgehead atoms. The minimum atomic E-state index is -0.492. The van der Waals surface area contributed by atoms with Crippen molar-refractivity contribution >= 4 is 23.6 Å². The first-order valence-corrected chi connectivity index (χ1v) is 9.16. The summed E-state index contributed by atoms with van der Waals surface area (Å²) in [6, 6.07) is 12.9. The molecule has 0 spiro atoms. The number of esters is 1. The van der Waals surface area contributed by atoms with Crippen LogP contribution in [0.1, 0.15) is 12.5 Å². The van der Waals surface area contributed by atoms with Crippen LogP contribution in [0.5, 0.6) is 5.75 Å². The molecule has 0 atom stereocenters. The summed E-state index contributed by atoms with van der Waals surface area (Å²) in [7, 11) is 1.59. The minimum Gasteiger partial charge on any atom is -0.497 e. The summed E-state index contributed by atoms with van der Waals surface area (Å²) in [5.41, 5.74) is 1.94. The lowest BCUT2D eigenvalue weighted by atomic mass is 10.1. The number of nitrogens with one attached hydrogen (secondary N) is 1. The summed E-state index contributed by atoms with van der Waals surface area (Å²) in [4.78, 5) is 27.6. The van der Waals surface area contributed by atoms with Crippen molar-refractivity contribution in [1.29, 1.82) is 5.26 Å². The molecule has 140 valence electrons. The van der Waals surface area contributed by atoms with Crippen molar-refractivity contribution in [3.63, 3.8) is 0 Å². The lowest BCUT2D eigenvalue weighted by Gasteiger charge is -2.08. The van der Waals surface area contributed by atoms with Crippen molar-refractivity contribution in [1.82, 2.24) is 10.3 Å². The topological polar surface area (TPSA) is 101 Å². The highest BCUT2D eigenvalue weighted by atomic mass is 32.2. The molecular weight excluding hydrogens is 366 g/mol. The fourth-order valence-electron chi connectivity index (χ4n) is 2.13. The molecule has 0 aliphatic carbocycles. The van der Waals surface area contributed by atoms with Crippen molar-refractivity contribution in [2.45, 2.75) is 11.9 Å². The molecule has 1 aromatic carbocycles. The van der Waals surface area contributed by atoms with E-state index in [-0.39, 0.29) is 24.8 Å². The van der Waals surface area contributed by atoms with Crippen molar-refractivity contribution < 1.29 is 19.1 Å². The number of thioether (sulfide) groups is 1. The van der Waals surface area contributed by atoms with E-state index >= 15 is 0 Å². The Morgan fingerprint density at radius 2 is 1.96 bits per heavy atom. The number of aromatic nitrogens is 1. The van der Waals surface area contributed by atoms with E-state index in [1.807, 2.05) is 24.3 Å². The van der Waals surface area contributed by atoms with E-state index in [0.717, 1.165) is 23.1 Å². The SMILES string of the molecule is CCOC(=O)CNC(=O)CSc1nc(-c2ccc(OC)cc2)ccc1C#N. The van der Waals surface area contributed by atoms with Gasteiger partial charge in [-0.25, -0.2) is 4.98 Å². The van der Waals surface area contributed by atoms with Gasteiger partial charge in [-0.15, -0.1) is 0 Å². The smallest absolute Gasteiger partial charge is 0.325 e. The van der Waals surface area contributed by atoms with Gasteiger partial charge in [0, 0.05) is 5.56 Å². The third-order valence-electron chi connectivity index (χ3n) is 3.44. The summed E-state index contributed by atoms with van der Waals surface area (Å²) in [5, 5.41) is 12.2. The number of pyridine rings is 1. The van der Waals surface area contributed by atoms with Crippen LogP contribution in [0.2, 0.25) is 0 Å². The highest BCUT2D eigenvalue weighted by Crippen LogP contribution is 2.26. The normalized spacial score (nSPS) is 9.96. The van der Waals surface area contributed by atoms with E-state index < -0.39 is 5.97 Å². The molecule has 0 saturated heterocycles. The third kappa shape index (κ3) is 6.01. The number of hydrogen-bond donors (Lipinski definition) is 1.